The van der Waals surface area contributed by atoms with Gasteiger partial charge >= 0.3 is 0 Å². The Hall–Kier alpha value is -1.13. The highest BCUT2D eigenvalue weighted by molar-refractivity contribution is 5.28. The van der Waals surface area contributed by atoms with Gasteiger partial charge in [0.25, 0.3) is 0 Å². The third-order valence-corrected chi connectivity index (χ3v) is 2.99. The Morgan fingerprint density at radius 3 is 2.59 bits per heavy atom. The van der Waals surface area contributed by atoms with Crippen molar-refractivity contribution in [2.75, 3.05) is 13.7 Å². The maximum Gasteiger partial charge on any atom is 0.129 e. The van der Waals surface area contributed by atoms with Gasteiger partial charge in [0, 0.05) is 13.2 Å². The van der Waals surface area contributed by atoms with Gasteiger partial charge in [-0.05, 0) is 32.4 Å². The zero-order valence-electron chi connectivity index (χ0n) is 10.8. The van der Waals surface area contributed by atoms with Gasteiger partial charge in [-0.15, -0.1) is 0 Å². The molecule has 0 bridgehead atoms. The predicted molar refractivity (Wildman–Crippen MR) is 65.7 cm³/mol. The number of aryl methyl sites for hydroxylation is 1. The summed E-state index contributed by atoms with van der Waals surface area (Å²) in [6.07, 6.45) is 0. The molecule has 17 heavy (non-hydrogen) atoms. The molecule has 0 radical (unpaired) electrons. The van der Waals surface area contributed by atoms with Crippen molar-refractivity contribution in [2.24, 2.45) is 5.73 Å². The number of halogens is 1. The first-order valence-electron chi connectivity index (χ1n) is 5.56. The van der Waals surface area contributed by atoms with Crippen molar-refractivity contribution in [3.63, 3.8) is 0 Å². The van der Waals surface area contributed by atoms with Crippen LogP contribution >= 0.6 is 0 Å². The van der Waals surface area contributed by atoms with Crippen molar-refractivity contribution in [1.82, 2.24) is 0 Å². The molecule has 0 aromatic heterocycles. The monoisotopic (exact) mass is 241 g/mol. The summed E-state index contributed by atoms with van der Waals surface area (Å²) in [5, 5.41) is 0. The molecule has 0 saturated heterocycles. The zero-order chi connectivity index (χ0) is 13.1. The number of hydrogen-bond acceptors (Lipinski definition) is 3. The first-order chi connectivity index (χ1) is 7.86. The van der Waals surface area contributed by atoms with Gasteiger partial charge < -0.3 is 15.2 Å². The lowest BCUT2D eigenvalue weighted by Crippen LogP contribution is -2.48. The van der Waals surface area contributed by atoms with Crippen LogP contribution in [0.1, 0.15) is 19.4 Å². The summed E-state index contributed by atoms with van der Waals surface area (Å²) in [5.74, 6) is 0.206. The molecule has 0 saturated carbocycles. The second kappa shape index (κ2) is 5.47. The van der Waals surface area contributed by atoms with Crippen molar-refractivity contribution in [3.8, 4) is 5.75 Å². The van der Waals surface area contributed by atoms with Gasteiger partial charge in [-0.3, -0.25) is 0 Å². The number of methoxy groups -OCH3 is 1. The Balaban J connectivity index is 2.59. The number of ether oxygens (including phenoxy) is 2. The Labute approximate surface area is 102 Å². The highest BCUT2D eigenvalue weighted by Gasteiger charge is 2.26. The molecule has 0 aliphatic carbocycles. The molecule has 1 unspecified atom stereocenters. The van der Waals surface area contributed by atoms with E-state index in [1.54, 1.807) is 26.2 Å². The predicted octanol–water partition coefficient (Wildman–Crippen LogP) is 2.27. The van der Waals surface area contributed by atoms with Crippen molar-refractivity contribution in [3.05, 3.63) is 29.6 Å². The standard InChI is InChI=1S/C13H20FNO2/c1-9-5-6-10(7-11(9)14)17-8-12(15)13(2,3)16-4/h5-7,12H,8,15H2,1-4H3. The van der Waals surface area contributed by atoms with Crippen molar-refractivity contribution >= 4 is 0 Å². The van der Waals surface area contributed by atoms with Gasteiger partial charge in [-0.25, -0.2) is 4.39 Å². The summed E-state index contributed by atoms with van der Waals surface area (Å²) in [6, 6.07) is 4.49. The third-order valence-electron chi connectivity index (χ3n) is 2.99. The van der Waals surface area contributed by atoms with E-state index < -0.39 is 5.60 Å². The quantitative estimate of drug-likeness (QED) is 0.860. The van der Waals surface area contributed by atoms with Crippen molar-refractivity contribution in [2.45, 2.75) is 32.4 Å². The van der Waals surface area contributed by atoms with Crippen LogP contribution in [0, 0.1) is 12.7 Å². The van der Waals surface area contributed by atoms with E-state index in [9.17, 15) is 4.39 Å². The smallest absolute Gasteiger partial charge is 0.129 e. The summed E-state index contributed by atoms with van der Waals surface area (Å²) in [7, 11) is 1.60. The van der Waals surface area contributed by atoms with Gasteiger partial charge in [-0.2, -0.15) is 0 Å². The molecule has 2 N–H and O–H groups in total. The minimum absolute atomic E-state index is 0.276. The highest BCUT2D eigenvalue weighted by Crippen LogP contribution is 2.18. The average molecular weight is 241 g/mol. The third kappa shape index (κ3) is 3.68. The fourth-order valence-corrected chi connectivity index (χ4v) is 1.20. The van der Waals surface area contributed by atoms with Crippen LogP contribution in [0.2, 0.25) is 0 Å². The number of benzene rings is 1. The molecule has 96 valence electrons. The number of rotatable bonds is 5. The minimum atomic E-state index is -0.469. The lowest BCUT2D eigenvalue weighted by atomic mass is 10.0. The number of hydrogen-bond donors (Lipinski definition) is 1. The zero-order valence-corrected chi connectivity index (χ0v) is 10.8. The molecule has 1 aromatic rings. The summed E-state index contributed by atoms with van der Waals surface area (Å²) in [4.78, 5) is 0. The second-order valence-corrected chi connectivity index (χ2v) is 4.64. The second-order valence-electron chi connectivity index (χ2n) is 4.64. The maximum atomic E-state index is 13.3. The van der Waals surface area contributed by atoms with Crippen LogP contribution in [0.25, 0.3) is 0 Å². The fourth-order valence-electron chi connectivity index (χ4n) is 1.20. The van der Waals surface area contributed by atoms with Gasteiger partial charge in [-0.1, -0.05) is 6.07 Å². The van der Waals surface area contributed by atoms with Crippen LogP contribution in [0.15, 0.2) is 18.2 Å². The molecule has 3 nitrogen and oxygen atoms in total. The summed E-state index contributed by atoms with van der Waals surface area (Å²) < 4.78 is 24.0. The molecule has 1 atom stereocenters. The average Bonchev–Trinajstić information content (AvgIpc) is 2.30. The van der Waals surface area contributed by atoms with Crippen LogP contribution in [0.3, 0.4) is 0 Å². The van der Waals surface area contributed by atoms with E-state index in [0.29, 0.717) is 11.3 Å². The van der Waals surface area contributed by atoms with Crippen molar-refractivity contribution < 1.29 is 13.9 Å². The van der Waals surface area contributed by atoms with Crippen LogP contribution in [-0.2, 0) is 4.74 Å². The minimum Gasteiger partial charge on any atom is -0.492 e. The van der Waals surface area contributed by atoms with E-state index in [0.717, 1.165) is 0 Å². The molecule has 1 rings (SSSR count). The first-order valence-corrected chi connectivity index (χ1v) is 5.56. The largest absolute Gasteiger partial charge is 0.492 e. The molecular formula is C13H20FNO2. The molecule has 0 aliphatic rings. The molecule has 0 amide bonds. The summed E-state index contributed by atoms with van der Waals surface area (Å²) >= 11 is 0. The van der Waals surface area contributed by atoms with E-state index in [-0.39, 0.29) is 18.5 Å². The van der Waals surface area contributed by atoms with E-state index in [2.05, 4.69) is 0 Å². The highest BCUT2D eigenvalue weighted by atomic mass is 19.1. The molecule has 0 aliphatic heterocycles. The van der Waals surface area contributed by atoms with E-state index in [1.807, 2.05) is 13.8 Å². The molecular weight excluding hydrogens is 221 g/mol. The van der Waals surface area contributed by atoms with Crippen LogP contribution in [0.5, 0.6) is 5.75 Å². The first kappa shape index (κ1) is 13.9. The van der Waals surface area contributed by atoms with E-state index >= 15 is 0 Å². The molecule has 0 fully saturated rings. The topological polar surface area (TPSA) is 44.5 Å². The Morgan fingerprint density at radius 2 is 2.06 bits per heavy atom. The van der Waals surface area contributed by atoms with Gasteiger partial charge in [0.2, 0.25) is 0 Å². The normalized spacial score (nSPS) is 13.5. The Morgan fingerprint density at radius 1 is 1.41 bits per heavy atom. The SMILES string of the molecule is COC(C)(C)C(N)COc1ccc(C)c(F)c1. The van der Waals surface area contributed by atoms with Crippen LogP contribution in [-0.4, -0.2) is 25.4 Å². The van der Waals surface area contributed by atoms with Gasteiger partial charge in [0.05, 0.1) is 11.6 Å². The fraction of sp³-hybridized carbons (Fsp3) is 0.538. The molecule has 4 heteroatoms. The Kier molecular flexibility index (Phi) is 4.48. The van der Waals surface area contributed by atoms with Gasteiger partial charge in [0.1, 0.15) is 18.2 Å². The number of nitrogens with two attached hydrogens (primary N) is 1. The Bertz CT molecular complexity index is 380. The lowest BCUT2D eigenvalue weighted by molar-refractivity contribution is -0.0110. The lowest BCUT2D eigenvalue weighted by Gasteiger charge is -2.29. The summed E-state index contributed by atoms with van der Waals surface area (Å²) in [6.45, 7) is 5.76. The van der Waals surface area contributed by atoms with Crippen LogP contribution < -0.4 is 10.5 Å². The molecule has 0 spiro atoms. The van der Waals surface area contributed by atoms with E-state index in [1.165, 1.54) is 6.07 Å². The van der Waals surface area contributed by atoms with Crippen LogP contribution in [0.4, 0.5) is 4.39 Å². The summed E-state index contributed by atoms with van der Waals surface area (Å²) in [5.41, 5.74) is 6.06. The molecule has 1 aromatic carbocycles. The maximum absolute atomic E-state index is 13.3. The van der Waals surface area contributed by atoms with Crippen molar-refractivity contribution in [1.29, 1.82) is 0 Å². The van der Waals surface area contributed by atoms with E-state index in [4.69, 9.17) is 15.2 Å². The van der Waals surface area contributed by atoms with Gasteiger partial charge in [0.15, 0.2) is 0 Å². The molecule has 0 heterocycles.